The van der Waals surface area contributed by atoms with E-state index in [0.29, 0.717) is 37.6 Å². The van der Waals surface area contributed by atoms with Gasteiger partial charge in [-0.15, -0.1) is 20.4 Å². The lowest BCUT2D eigenvalue weighted by Crippen LogP contribution is -2.04. The molecule has 0 aliphatic carbocycles. The number of halogens is 2. The first-order chi connectivity index (χ1) is 20.6. The summed E-state index contributed by atoms with van der Waals surface area (Å²) in [7, 11) is 3.22. The molecule has 0 radical (unpaired) electrons. The Morgan fingerprint density at radius 2 is 1.02 bits per heavy atom. The third-order valence-corrected chi connectivity index (χ3v) is 9.69. The van der Waals surface area contributed by atoms with Gasteiger partial charge in [-0.2, -0.15) is 19.8 Å². The first-order valence-corrected chi connectivity index (χ1v) is 16.7. The Labute approximate surface area is 265 Å². The van der Waals surface area contributed by atoms with Crippen molar-refractivity contribution in [3.63, 3.8) is 0 Å². The van der Waals surface area contributed by atoms with Gasteiger partial charge in [-0.05, 0) is 80.2 Å². The quantitative estimate of drug-likeness (QED) is 0.154. The van der Waals surface area contributed by atoms with E-state index in [1.54, 1.807) is 31.2 Å². The molecule has 4 aromatic heterocycles. The van der Waals surface area contributed by atoms with E-state index < -0.39 is 0 Å². The van der Waals surface area contributed by atoms with E-state index in [1.807, 2.05) is 60.9 Å². The number of nitrogens with zero attached hydrogens (tertiary/aromatic N) is 10. The number of aryl methyl sites for hydroxylation is 4. The van der Waals surface area contributed by atoms with Gasteiger partial charge in [-0.3, -0.25) is 10.2 Å². The van der Waals surface area contributed by atoms with E-state index >= 15 is 0 Å². The standard InChI is InChI=1S/C26H24Br2N12S2/c27-21-7-1-17(2-8-21)15-39-35-23(31-37-39)11-5-19-13-29-33-25(19)41-42-26-20(14-30-34-26)6-12-24-32-38-40(36-24)16-18-3-9-22(28)10-4-18/h1-4,7-10,13-14H,5-6,11-12,15-16H2,(H,29,33)(H,30,34). The van der Waals surface area contributed by atoms with Crippen molar-refractivity contribution in [2.45, 2.75) is 48.8 Å². The zero-order valence-electron chi connectivity index (χ0n) is 22.1. The molecule has 0 aliphatic heterocycles. The van der Waals surface area contributed by atoms with Crippen LogP contribution < -0.4 is 0 Å². The monoisotopic (exact) mass is 726 g/mol. The number of nitrogens with one attached hydrogen (secondary N) is 2. The van der Waals surface area contributed by atoms with Gasteiger partial charge in [-0.25, -0.2) is 0 Å². The van der Waals surface area contributed by atoms with E-state index in [2.05, 4.69) is 83.1 Å². The molecule has 2 aromatic carbocycles. The normalized spacial score (nSPS) is 11.4. The molecule has 4 heterocycles. The van der Waals surface area contributed by atoms with Crippen LogP contribution in [0.1, 0.15) is 33.9 Å². The molecule has 16 heteroatoms. The molecule has 0 saturated carbocycles. The molecule has 2 N–H and O–H groups in total. The molecular weight excluding hydrogens is 704 g/mol. The Balaban J connectivity index is 0.985. The molecule has 42 heavy (non-hydrogen) atoms. The second kappa shape index (κ2) is 13.8. The van der Waals surface area contributed by atoms with Gasteiger partial charge in [-0.1, -0.05) is 56.1 Å². The van der Waals surface area contributed by atoms with Crippen LogP contribution in [0.2, 0.25) is 0 Å². The summed E-state index contributed by atoms with van der Waals surface area (Å²) in [6.45, 7) is 1.16. The first kappa shape index (κ1) is 28.8. The summed E-state index contributed by atoms with van der Waals surface area (Å²) in [4.78, 5) is 3.25. The fraction of sp³-hybridized carbons (Fsp3) is 0.231. The molecule has 12 nitrogen and oxygen atoms in total. The molecule has 0 fully saturated rings. The van der Waals surface area contributed by atoms with Crippen LogP contribution in [0.3, 0.4) is 0 Å². The van der Waals surface area contributed by atoms with Gasteiger partial charge in [0.1, 0.15) is 10.1 Å². The number of H-pyrrole nitrogens is 2. The van der Waals surface area contributed by atoms with Gasteiger partial charge >= 0.3 is 0 Å². The van der Waals surface area contributed by atoms with Gasteiger partial charge in [0.05, 0.1) is 25.5 Å². The topological polar surface area (TPSA) is 145 Å². The maximum atomic E-state index is 4.54. The Kier molecular flexibility index (Phi) is 9.42. The van der Waals surface area contributed by atoms with Crippen LogP contribution in [0.15, 0.2) is 79.9 Å². The number of tetrazole rings is 2. The van der Waals surface area contributed by atoms with Crippen LogP contribution >= 0.6 is 53.4 Å². The predicted octanol–water partition coefficient (Wildman–Crippen LogP) is 5.10. The maximum Gasteiger partial charge on any atom is 0.175 e. The predicted molar refractivity (Wildman–Crippen MR) is 166 cm³/mol. The molecule has 0 atom stereocenters. The van der Waals surface area contributed by atoms with Gasteiger partial charge in [0.2, 0.25) is 0 Å². The van der Waals surface area contributed by atoms with Crippen molar-refractivity contribution < 1.29 is 0 Å². The molecule has 0 saturated heterocycles. The Morgan fingerprint density at radius 3 is 1.45 bits per heavy atom. The average molecular weight is 729 g/mol. The second-order valence-corrected chi connectivity index (χ2v) is 13.3. The average Bonchev–Trinajstić information content (AvgIpc) is 3.81. The molecule has 214 valence electrons. The summed E-state index contributed by atoms with van der Waals surface area (Å²) < 4.78 is 2.08. The highest BCUT2D eigenvalue weighted by Gasteiger charge is 2.14. The first-order valence-electron chi connectivity index (χ1n) is 13.0. The lowest BCUT2D eigenvalue weighted by molar-refractivity contribution is 0.570. The number of rotatable bonds is 13. The smallest absolute Gasteiger partial charge is 0.175 e. The zero-order chi connectivity index (χ0) is 28.7. The van der Waals surface area contributed by atoms with E-state index in [4.69, 9.17) is 0 Å². The van der Waals surface area contributed by atoms with Gasteiger partial charge in [0, 0.05) is 32.9 Å². The van der Waals surface area contributed by atoms with Crippen molar-refractivity contribution in [1.82, 2.24) is 60.8 Å². The summed E-state index contributed by atoms with van der Waals surface area (Å²) in [5, 5.41) is 42.6. The second-order valence-electron chi connectivity index (χ2n) is 9.34. The van der Waals surface area contributed by atoms with E-state index in [-0.39, 0.29) is 0 Å². The minimum Gasteiger partial charge on any atom is -0.271 e. The van der Waals surface area contributed by atoms with Crippen molar-refractivity contribution in [2.24, 2.45) is 0 Å². The lowest BCUT2D eigenvalue weighted by atomic mass is 10.2. The summed E-state index contributed by atoms with van der Waals surface area (Å²) in [6, 6.07) is 16.2. The van der Waals surface area contributed by atoms with Gasteiger partial charge in [0.25, 0.3) is 0 Å². The van der Waals surface area contributed by atoms with Gasteiger partial charge in [0.15, 0.2) is 11.6 Å². The minimum atomic E-state index is 0.580. The molecule has 0 unspecified atom stereocenters. The fourth-order valence-corrected chi connectivity index (χ4v) is 6.83. The maximum absolute atomic E-state index is 4.54. The van der Waals surface area contributed by atoms with Crippen molar-refractivity contribution >= 4 is 53.4 Å². The molecule has 6 rings (SSSR count). The third-order valence-electron chi connectivity index (χ3n) is 6.26. The van der Waals surface area contributed by atoms with Crippen LogP contribution in [0.5, 0.6) is 0 Å². The number of aromatic amines is 2. The third kappa shape index (κ3) is 7.73. The highest BCUT2D eigenvalue weighted by atomic mass is 79.9. The number of hydrogen-bond donors (Lipinski definition) is 2. The largest absolute Gasteiger partial charge is 0.271 e. The fourth-order valence-electron chi connectivity index (χ4n) is 4.07. The zero-order valence-corrected chi connectivity index (χ0v) is 26.9. The summed E-state index contributed by atoms with van der Waals surface area (Å²) in [6.07, 6.45) is 6.55. The Bertz CT molecular complexity index is 1600. The van der Waals surface area contributed by atoms with Crippen molar-refractivity contribution in [3.8, 4) is 0 Å². The van der Waals surface area contributed by atoms with Crippen LogP contribution in [0, 0.1) is 0 Å². The van der Waals surface area contributed by atoms with Crippen molar-refractivity contribution in [1.29, 1.82) is 0 Å². The SMILES string of the molecule is Brc1ccc(Cn2nnc(CCc3cn[nH]c3SSc3[nH]ncc3CCc3nnn(Cc4ccc(Br)cc4)n3)n2)cc1. The van der Waals surface area contributed by atoms with E-state index in [9.17, 15) is 0 Å². The van der Waals surface area contributed by atoms with Crippen LogP contribution in [0.4, 0.5) is 0 Å². The van der Waals surface area contributed by atoms with E-state index in [0.717, 1.165) is 54.1 Å². The Morgan fingerprint density at radius 1 is 0.595 bits per heavy atom. The van der Waals surface area contributed by atoms with Crippen molar-refractivity contribution in [2.75, 3.05) is 0 Å². The molecule has 0 amide bonds. The lowest BCUT2D eigenvalue weighted by Gasteiger charge is -2.03. The minimum absolute atomic E-state index is 0.580. The van der Waals surface area contributed by atoms with Crippen LogP contribution in [0.25, 0.3) is 0 Å². The highest BCUT2D eigenvalue weighted by Crippen LogP contribution is 2.38. The summed E-state index contributed by atoms with van der Waals surface area (Å²) in [5.74, 6) is 1.41. The molecule has 0 spiro atoms. The molecular formula is C26H24Br2N12S2. The van der Waals surface area contributed by atoms with Crippen LogP contribution in [-0.2, 0) is 38.8 Å². The number of aromatic nitrogens is 12. The summed E-state index contributed by atoms with van der Waals surface area (Å²) in [5.41, 5.74) is 4.43. The molecule has 0 aliphatic rings. The highest BCUT2D eigenvalue weighted by molar-refractivity contribution is 9.10. The van der Waals surface area contributed by atoms with Crippen LogP contribution in [-0.4, -0.2) is 60.8 Å². The van der Waals surface area contributed by atoms with E-state index in [1.165, 1.54) is 0 Å². The number of benzene rings is 2. The number of hydrogen-bond acceptors (Lipinski definition) is 10. The Hall–Kier alpha value is -3.34. The van der Waals surface area contributed by atoms with Gasteiger partial charge < -0.3 is 0 Å². The van der Waals surface area contributed by atoms with Crippen molar-refractivity contribution in [3.05, 3.63) is 104 Å². The summed E-state index contributed by atoms with van der Waals surface area (Å²) >= 11 is 6.92. The molecule has 6 aromatic rings. The molecule has 0 bridgehead atoms.